The fourth-order valence-electron chi connectivity index (χ4n) is 1.53. The summed E-state index contributed by atoms with van der Waals surface area (Å²) in [6.45, 7) is 2.45. The second-order valence-corrected chi connectivity index (χ2v) is 4.52. The minimum atomic E-state index is -0.360. The molecule has 3 N–H and O–H groups in total. The molecule has 0 aliphatic rings. The van der Waals surface area contributed by atoms with E-state index in [0.717, 1.165) is 0 Å². The van der Waals surface area contributed by atoms with Crippen molar-refractivity contribution >= 4 is 33.2 Å². The first-order valence-corrected chi connectivity index (χ1v) is 6.48. The highest BCUT2D eigenvalue weighted by Gasteiger charge is 2.12. The van der Waals surface area contributed by atoms with Gasteiger partial charge in [-0.2, -0.15) is 0 Å². The summed E-state index contributed by atoms with van der Waals surface area (Å²) in [7, 11) is 0. The number of ether oxygens (including phenoxy) is 1. The van der Waals surface area contributed by atoms with Crippen LogP contribution in [0.4, 0.5) is 11.4 Å². The number of halogens is 1. The van der Waals surface area contributed by atoms with Gasteiger partial charge in [-0.1, -0.05) is 0 Å². The van der Waals surface area contributed by atoms with Crippen LogP contribution in [0.2, 0.25) is 0 Å². The third kappa shape index (κ3) is 3.29. The molecule has 5 nitrogen and oxygen atoms in total. The van der Waals surface area contributed by atoms with E-state index in [1.54, 1.807) is 30.3 Å². The van der Waals surface area contributed by atoms with E-state index in [0.29, 0.717) is 28.4 Å². The highest BCUT2D eigenvalue weighted by atomic mass is 79.9. The Morgan fingerprint density at radius 3 is 2.79 bits per heavy atom. The predicted molar refractivity (Wildman–Crippen MR) is 76.4 cm³/mol. The molecular weight excluding hydrogens is 312 g/mol. The van der Waals surface area contributed by atoms with Gasteiger partial charge >= 0.3 is 0 Å². The Kier molecular flexibility index (Phi) is 4.11. The van der Waals surface area contributed by atoms with Crippen LogP contribution >= 0.6 is 15.9 Å². The van der Waals surface area contributed by atoms with Crippen LogP contribution in [0, 0.1) is 0 Å². The summed E-state index contributed by atoms with van der Waals surface area (Å²) in [5.41, 5.74) is 6.80. The normalized spacial score (nSPS) is 10.2. The van der Waals surface area contributed by atoms with Gasteiger partial charge in [-0.3, -0.25) is 4.79 Å². The summed E-state index contributed by atoms with van der Waals surface area (Å²) in [5.74, 6) is 0.514. The molecule has 2 rings (SSSR count). The number of nitrogen functional groups attached to an aromatic ring is 1. The molecule has 1 heterocycles. The number of rotatable bonds is 4. The van der Waals surface area contributed by atoms with Gasteiger partial charge in [-0.05, 0) is 47.1 Å². The number of nitrogens with one attached hydrogen (secondary N) is 1. The number of amides is 1. The van der Waals surface area contributed by atoms with Gasteiger partial charge in [0.2, 0.25) is 0 Å². The fraction of sp³-hybridized carbons (Fsp3) is 0.154. The number of hydrogen-bond donors (Lipinski definition) is 2. The summed E-state index contributed by atoms with van der Waals surface area (Å²) in [5, 5.41) is 2.68. The van der Waals surface area contributed by atoms with E-state index in [-0.39, 0.29) is 11.7 Å². The van der Waals surface area contributed by atoms with Gasteiger partial charge in [0, 0.05) is 6.07 Å². The Morgan fingerprint density at radius 1 is 1.42 bits per heavy atom. The molecule has 2 aromatic rings. The number of nitrogens with two attached hydrogens (primary N) is 1. The maximum absolute atomic E-state index is 11.9. The quantitative estimate of drug-likeness (QED) is 0.846. The first-order chi connectivity index (χ1) is 9.10. The number of hydrogen-bond acceptors (Lipinski definition) is 4. The average Bonchev–Trinajstić information content (AvgIpc) is 2.80. The van der Waals surface area contributed by atoms with Gasteiger partial charge in [0.05, 0.1) is 18.0 Å². The third-order valence-electron chi connectivity index (χ3n) is 2.38. The number of anilines is 2. The highest BCUT2D eigenvalue weighted by molar-refractivity contribution is 9.10. The number of benzene rings is 1. The molecule has 0 aliphatic heterocycles. The summed E-state index contributed by atoms with van der Waals surface area (Å²) in [6, 6.07) is 8.32. The Hall–Kier alpha value is -1.95. The highest BCUT2D eigenvalue weighted by Crippen LogP contribution is 2.25. The van der Waals surface area contributed by atoms with Crippen molar-refractivity contribution in [2.75, 3.05) is 17.7 Å². The molecule has 0 radical (unpaired) electrons. The molecule has 0 fully saturated rings. The van der Waals surface area contributed by atoms with Gasteiger partial charge in [-0.15, -0.1) is 0 Å². The van der Waals surface area contributed by atoms with Crippen molar-refractivity contribution < 1.29 is 13.9 Å². The van der Waals surface area contributed by atoms with Crippen molar-refractivity contribution in [1.82, 2.24) is 0 Å². The predicted octanol–water partition coefficient (Wildman–Crippen LogP) is 3.28. The molecule has 0 bridgehead atoms. The van der Waals surface area contributed by atoms with Crippen LogP contribution in [0.15, 0.2) is 39.4 Å². The molecule has 1 amide bonds. The lowest BCUT2D eigenvalue weighted by atomic mass is 10.2. The average molecular weight is 325 g/mol. The lowest BCUT2D eigenvalue weighted by Gasteiger charge is -2.09. The number of carbonyl (C=O) groups excluding carboxylic acids is 1. The van der Waals surface area contributed by atoms with Crippen LogP contribution < -0.4 is 15.8 Å². The van der Waals surface area contributed by atoms with Crippen LogP contribution in [0.5, 0.6) is 5.75 Å². The van der Waals surface area contributed by atoms with Gasteiger partial charge in [-0.25, -0.2) is 0 Å². The summed E-state index contributed by atoms with van der Waals surface area (Å²) >= 11 is 3.14. The lowest BCUT2D eigenvalue weighted by Crippen LogP contribution is -2.12. The number of carbonyl (C=O) groups is 1. The zero-order chi connectivity index (χ0) is 13.8. The summed E-state index contributed by atoms with van der Waals surface area (Å²) in [4.78, 5) is 11.9. The second-order valence-electron chi connectivity index (χ2n) is 3.74. The van der Waals surface area contributed by atoms with Crippen LogP contribution in [-0.2, 0) is 0 Å². The monoisotopic (exact) mass is 324 g/mol. The minimum absolute atomic E-state index is 0.208. The van der Waals surface area contributed by atoms with Crippen molar-refractivity contribution in [3.63, 3.8) is 0 Å². The summed E-state index contributed by atoms with van der Waals surface area (Å²) < 4.78 is 11.0. The standard InChI is InChI=1S/C13H13BrN2O3/c1-2-18-8-3-4-10(9(15)7-8)16-13(17)11-5-6-12(14)19-11/h3-7H,2,15H2,1H3,(H,16,17). The fourth-order valence-corrected chi connectivity index (χ4v) is 1.84. The summed E-state index contributed by atoms with van der Waals surface area (Å²) in [6.07, 6.45) is 0. The van der Waals surface area contributed by atoms with Gasteiger partial charge in [0.25, 0.3) is 5.91 Å². The van der Waals surface area contributed by atoms with E-state index in [4.69, 9.17) is 14.9 Å². The Bertz CT molecular complexity index is 595. The molecule has 0 atom stereocenters. The zero-order valence-electron chi connectivity index (χ0n) is 10.3. The molecule has 1 aromatic heterocycles. The smallest absolute Gasteiger partial charge is 0.291 e. The largest absolute Gasteiger partial charge is 0.494 e. The van der Waals surface area contributed by atoms with Crippen molar-refractivity contribution in [2.24, 2.45) is 0 Å². The maximum Gasteiger partial charge on any atom is 0.291 e. The van der Waals surface area contributed by atoms with Crippen molar-refractivity contribution in [2.45, 2.75) is 6.92 Å². The molecule has 0 unspecified atom stereocenters. The molecule has 0 spiro atoms. The lowest BCUT2D eigenvalue weighted by molar-refractivity contribution is 0.0995. The molecule has 0 saturated carbocycles. The third-order valence-corrected chi connectivity index (χ3v) is 2.81. The van der Waals surface area contributed by atoms with E-state index >= 15 is 0 Å². The Labute approximate surface area is 118 Å². The maximum atomic E-state index is 11.9. The van der Waals surface area contributed by atoms with E-state index in [9.17, 15) is 4.79 Å². The molecule has 6 heteroatoms. The van der Waals surface area contributed by atoms with Crippen LogP contribution in [0.1, 0.15) is 17.5 Å². The molecule has 0 saturated heterocycles. The Balaban J connectivity index is 2.13. The first-order valence-electron chi connectivity index (χ1n) is 5.69. The van der Waals surface area contributed by atoms with Crippen molar-refractivity contribution in [3.05, 3.63) is 40.8 Å². The van der Waals surface area contributed by atoms with Gasteiger partial charge in [0.15, 0.2) is 10.4 Å². The Morgan fingerprint density at radius 2 is 2.21 bits per heavy atom. The zero-order valence-corrected chi connectivity index (χ0v) is 11.9. The van der Waals surface area contributed by atoms with Crippen molar-refractivity contribution in [3.8, 4) is 5.75 Å². The van der Waals surface area contributed by atoms with Gasteiger partial charge < -0.3 is 20.2 Å². The minimum Gasteiger partial charge on any atom is -0.494 e. The van der Waals surface area contributed by atoms with Crippen molar-refractivity contribution in [1.29, 1.82) is 0 Å². The van der Waals surface area contributed by atoms with E-state index in [1.165, 1.54) is 0 Å². The SMILES string of the molecule is CCOc1ccc(NC(=O)c2ccc(Br)o2)c(N)c1. The molecule has 19 heavy (non-hydrogen) atoms. The first kappa shape index (κ1) is 13.5. The van der Waals surface area contributed by atoms with Crippen LogP contribution in [0.3, 0.4) is 0 Å². The van der Waals surface area contributed by atoms with E-state index < -0.39 is 0 Å². The number of furan rings is 1. The molecule has 0 aliphatic carbocycles. The van der Waals surface area contributed by atoms with E-state index in [1.807, 2.05) is 6.92 Å². The van der Waals surface area contributed by atoms with Crippen LogP contribution in [-0.4, -0.2) is 12.5 Å². The topological polar surface area (TPSA) is 77.5 Å². The second kappa shape index (κ2) is 5.79. The molecule has 100 valence electrons. The molecular formula is C13H13BrN2O3. The molecule has 1 aromatic carbocycles. The van der Waals surface area contributed by atoms with E-state index in [2.05, 4.69) is 21.2 Å². The van der Waals surface area contributed by atoms with Gasteiger partial charge in [0.1, 0.15) is 5.75 Å². The van der Waals surface area contributed by atoms with Crippen LogP contribution in [0.25, 0.3) is 0 Å².